The second kappa shape index (κ2) is 8.03. The molecule has 3 aromatic carbocycles. The summed E-state index contributed by atoms with van der Waals surface area (Å²) < 4.78 is 0. The minimum Gasteiger partial charge on any atom is -0.507 e. The van der Waals surface area contributed by atoms with Crippen LogP contribution in [0.5, 0.6) is 5.75 Å². The Morgan fingerprint density at radius 1 is 1.00 bits per heavy atom. The molecule has 0 spiro atoms. The smallest absolute Gasteiger partial charge is 0.257 e. The van der Waals surface area contributed by atoms with Crippen LogP contribution >= 0.6 is 0 Å². The van der Waals surface area contributed by atoms with E-state index in [0.717, 1.165) is 22.2 Å². The van der Waals surface area contributed by atoms with Gasteiger partial charge in [-0.2, -0.15) is 5.10 Å². The number of amides is 1. The van der Waals surface area contributed by atoms with Crippen LogP contribution in [0, 0.1) is 13.8 Å². The molecule has 0 radical (unpaired) electrons. The van der Waals surface area contributed by atoms with Gasteiger partial charge in [0.15, 0.2) is 0 Å². The molecule has 1 amide bonds. The van der Waals surface area contributed by atoms with E-state index in [1.54, 1.807) is 24.1 Å². The highest BCUT2D eigenvalue weighted by Crippen LogP contribution is 2.28. The molecule has 2 N–H and O–H groups in total. The molecule has 1 heterocycles. The lowest BCUT2D eigenvalue weighted by Crippen LogP contribution is -2.26. The number of fused-ring (bicyclic) bond motifs is 1. The Hall–Kier alpha value is -3.60. The lowest BCUT2D eigenvalue weighted by molar-refractivity contribution is 0.0782. The molecule has 0 saturated carbocycles. The van der Waals surface area contributed by atoms with Gasteiger partial charge in [0, 0.05) is 31.5 Å². The molecule has 30 heavy (non-hydrogen) atoms. The lowest BCUT2D eigenvalue weighted by atomic mass is 10.0. The summed E-state index contributed by atoms with van der Waals surface area (Å²) in [6.45, 7) is 4.66. The van der Waals surface area contributed by atoms with Crippen LogP contribution in [0.4, 0.5) is 0 Å². The van der Waals surface area contributed by atoms with Gasteiger partial charge in [0.2, 0.25) is 0 Å². The van der Waals surface area contributed by atoms with Crippen molar-refractivity contribution in [3.05, 3.63) is 94.2 Å². The monoisotopic (exact) mass is 399 g/mol. The topological polar surface area (TPSA) is 69.2 Å². The molecule has 0 atom stereocenters. The zero-order valence-electron chi connectivity index (χ0n) is 17.4. The molecule has 0 aliphatic heterocycles. The van der Waals surface area contributed by atoms with Crippen LogP contribution < -0.4 is 0 Å². The SMILES string of the molecule is Cc1ccc(Cc2n[nH]c3cc(O)c(C(=O)N(C)Cc4ccccc4)cc23)cc1C. The van der Waals surface area contributed by atoms with Gasteiger partial charge in [-0.25, -0.2) is 0 Å². The molecule has 0 bridgehead atoms. The zero-order chi connectivity index (χ0) is 21.3. The third-order valence-electron chi connectivity index (χ3n) is 5.54. The first-order valence-corrected chi connectivity index (χ1v) is 9.98. The predicted octanol–water partition coefficient (Wildman–Crippen LogP) is 4.75. The molecule has 0 aliphatic rings. The van der Waals surface area contributed by atoms with E-state index in [2.05, 4.69) is 42.2 Å². The van der Waals surface area contributed by atoms with E-state index in [4.69, 9.17) is 0 Å². The maximum atomic E-state index is 13.0. The highest BCUT2D eigenvalue weighted by molar-refractivity contribution is 6.01. The molecule has 0 saturated heterocycles. The second-order valence-electron chi connectivity index (χ2n) is 7.83. The summed E-state index contributed by atoms with van der Waals surface area (Å²) in [5.41, 5.74) is 6.54. The number of nitrogens with one attached hydrogen (secondary N) is 1. The maximum Gasteiger partial charge on any atom is 0.257 e. The fourth-order valence-electron chi connectivity index (χ4n) is 3.66. The van der Waals surface area contributed by atoms with Crippen molar-refractivity contribution < 1.29 is 9.90 Å². The number of H-pyrrole nitrogens is 1. The predicted molar refractivity (Wildman–Crippen MR) is 119 cm³/mol. The first kappa shape index (κ1) is 19.7. The van der Waals surface area contributed by atoms with Crippen molar-refractivity contribution in [3.8, 4) is 5.75 Å². The third-order valence-corrected chi connectivity index (χ3v) is 5.54. The van der Waals surface area contributed by atoms with Crippen molar-refractivity contribution >= 4 is 16.8 Å². The molecular formula is C25H25N3O2. The molecule has 0 unspecified atom stereocenters. The lowest BCUT2D eigenvalue weighted by Gasteiger charge is -2.18. The number of aromatic amines is 1. The third kappa shape index (κ3) is 3.92. The van der Waals surface area contributed by atoms with Crippen LogP contribution in [0.3, 0.4) is 0 Å². The second-order valence-corrected chi connectivity index (χ2v) is 7.83. The number of benzene rings is 3. The number of phenols is 1. The van der Waals surface area contributed by atoms with Crippen LogP contribution in [-0.4, -0.2) is 33.2 Å². The first-order chi connectivity index (χ1) is 14.4. The van der Waals surface area contributed by atoms with Crippen LogP contribution in [0.2, 0.25) is 0 Å². The minimum atomic E-state index is -0.225. The van der Waals surface area contributed by atoms with E-state index in [9.17, 15) is 9.90 Å². The van der Waals surface area contributed by atoms with Crippen molar-refractivity contribution in [1.82, 2.24) is 15.1 Å². The van der Waals surface area contributed by atoms with Crippen molar-refractivity contribution in [2.45, 2.75) is 26.8 Å². The summed E-state index contributed by atoms with van der Waals surface area (Å²) in [4.78, 5) is 14.6. The van der Waals surface area contributed by atoms with Gasteiger partial charge in [-0.05, 0) is 42.2 Å². The number of aromatic nitrogens is 2. The van der Waals surface area contributed by atoms with E-state index in [1.165, 1.54) is 11.1 Å². The van der Waals surface area contributed by atoms with Gasteiger partial charge in [0.25, 0.3) is 5.91 Å². The Labute approximate surface area is 176 Å². The number of aromatic hydroxyl groups is 1. The fourth-order valence-corrected chi connectivity index (χ4v) is 3.66. The Kier molecular flexibility index (Phi) is 5.27. The van der Waals surface area contributed by atoms with Crippen molar-refractivity contribution in [1.29, 1.82) is 0 Å². The Bertz CT molecular complexity index is 1210. The highest BCUT2D eigenvalue weighted by atomic mass is 16.3. The number of carbonyl (C=O) groups excluding carboxylic acids is 1. The average molecular weight is 399 g/mol. The first-order valence-electron chi connectivity index (χ1n) is 9.98. The van der Waals surface area contributed by atoms with Crippen molar-refractivity contribution in [2.24, 2.45) is 0 Å². The number of phenolic OH excluding ortho intramolecular Hbond substituents is 1. The van der Waals surface area contributed by atoms with Gasteiger partial charge in [-0.15, -0.1) is 0 Å². The Balaban J connectivity index is 1.64. The van der Waals surface area contributed by atoms with E-state index in [0.29, 0.717) is 18.5 Å². The largest absolute Gasteiger partial charge is 0.507 e. The molecule has 152 valence electrons. The molecule has 4 rings (SSSR count). The number of hydrogen-bond donors (Lipinski definition) is 2. The van der Waals surface area contributed by atoms with Gasteiger partial charge in [0.05, 0.1) is 16.8 Å². The summed E-state index contributed by atoms with van der Waals surface area (Å²) in [5.74, 6) is -0.273. The van der Waals surface area contributed by atoms with Crippen LogP contribution in [0.15, 0.2) is 60.7 Å². The summed E-state index contributed by atoms with van der Waals surface area (Å²) in [6.07, 6.45) is 0.652. The molecule has 5 nitrogen and oxygen atoms in total. The number of aryl methyl sites for hydroxylation is 2. The normalized spacial score (nSPS) is 11.0. The van der Waals surface area contributed by atoms with E-state index < -0.39 is 0 Å². The number of carbonyl (C=O) groups is 1. The van der Waals surface area contributed by atoms with E-state index in [1.807, 2.05) is 30.3 Å². The van der Waals surface area contributed by atoms with Crippen LogP contribution in [-0.2, 0) is 13.0 Å². The number of nitrogens with zero attached hydrogens (tertiary/aromatic N) is 2. The minimum absolute atomic E-state index is 0.0474. The average Bonchev–Trinajstić information content (AvgIpc) is 3.11. The number of hydrogen-bond acceptors (Lipinski definition) is 3. The van der Waals surface area contributed by atoms with Gasteiger partial charge in [-0.1, -0.05) is 48.5 Å². The number of rotatable bonds is 5. The van der Waals surface area contributed by atoms with Gasteiger partial charge in [-0.3, -0.25) is 9.89 Å². The molecule has 1 aromatic heterocycles. The van der Waals surface area contributed by atoms with Gasteiger partial charge < -0.3 is 10.0 Å². The summed E-state index contributed by atoms with van der Waals surface area (Å²) in [5, 5.41) is 18.7. The molecule has 0 fully saturated rings. The van der Waals surface area contributed by atoms with Gasteiger partial charge in [0.1, 0.15) is 5.75 Å². The molecular weight excluding hydrogens is 374 g/mol. The standard InChI is InChI=1S/C25H25N3O2/c1-16-9-10-19(11-17(16)2)12-22-20-13-21(24(29)14-23(20)27-26-22)25(30)28(3)15-18-7-5-4-6-8-18/h4-11,13-14,29H,12,15H2,1-3H3,(H,26,27). The van der Waals surface area contributed by atoms with Gasteiger partial charge >= 0.3 is 0 Å². The van der Waals surface area contributed by atoms with Crippen LogP contribution in [0.1, 0.15) is 38.3 Å². The Morgan fingerprint density at radius 2 is 1.77 bits per heavy atom. The fraction of sp³-hybridized carbons (Fsp3) is 0.200. The van der Waals surface area contributed by atoms with Crippen molar-refractivity contribution in [2.75, 3.05) is 7.05 Å². The van der Waals surface area contributed by atoms with E-state index in [-0.39, 0.29) is 17.2 Å². The Morgan fingerprint density at radius 3 is 2.50 bits per heavy atom. The maximum absolute atomic E-state index is 13.0. The summed E-state index contributed by atoms with van der Waals surface area (Å²) in [7, 11) is 1.74. The highest BCUT2D eigenvalue weighted by Gasteiger charge is 2.19. The molecule has 4 aromatic rings. The van der Waals surface area contributed by atoms with Crippen LogP contribution in [0.25, 0.3) is 10.9 Å². The molecule has 0 aliphatic carbocycles. The summed E-state index contributed by atoms with van der Waals surface area (Å²) >= 11 is 0. The van der Waals surface area contributed by atoms with E-state index >= 15 is 0 Å². The van der Waals surface area contributed by atoms with Crippen molar-refractivity contribution in [3.63, 3.8) is 0 Å². The molecule has 5 heteroatoms. The zero-order valence-corrected chi connectivity index (χ0v) is 17.4. The quantitative estimate of drug-likeness (QED) is 0.509. The summed E-state index contributed by atoms with van der Waals surface area (Å²) in [6, 6.07) is 19.5.